The summed E-state index contributed by atoms with van der Waals surface area (Å²) in [6, 6.07) is 3.15. The lowest BCUT2D eigenvalue weighted by Gasteiger charge is -2.33. The van der Waals surface area contributed by atoms with E-state index in [4.69, 9.17) is 9.84 Å². The number of aromatic carboxylic acids is 1. The van der Waals surface area contributed by atoms with Crippen LogP contribution in [-0.2, 0) is 14.8 Å². The van der Waals surface area contributed by atoms with Crippen LogP contribution in [0.5, 0.6) is 5.75 Å². The molecule has 0 aromatic heterocycles. The minimum atomic E-state index is -3.90. The van der Waals surface area contributed by atoms with Crippen molar-refractivity contribution in [3.63, 3.8) is 0 Å². The van der Waals surface area contributed by atoms with Gasteiger partial charge >= 0.3 is 5.97 Å². The fourth-order valence-electron chi connectivity index (χ4n) is 2.25. The van der Waals surface area contributed by atoms with E-state index in [-0.39, 0.29) is 11.5 Å². The second kappa shape index (κ2) is 5.63. The molecular formula is C13H17NO6S. The zero-order chi connectivity index (χ0) is 15.7. The number of hydrogen-bond donors (Lipinski definition) is 3. The van der Waals surface area contributed by atoms with Crippen LogP contribution in [0, 0.1) is 0 Å². The van der Waals surface area contributed by atoms with Crippen molar-refractivity contribution in [2.24, 2.45) is 0 Å². The first-order chi connectivity index (χ1) is 9.73. The summed E-state index contributed by atoms with van der Waals surface area (Å²) in [6.07, 6.45) is 1.38. The summed E-state index contributed by atoms with van der Waals surface area (Å²) in [7, 11) is -3.90. The Hall–Kier alpha value is -1.64. The van der Waals surface area contributed by atoms with Crippen molar-refractivity contribution in [1.82, 2.24) is 4.72 Å². The standard InChI is InChI=1S/C13H17NO6S/c1-13(5-2-6-20-8-13)14-21(18,19)9-3-4-11(15)10(7-9)12(16)17/h3-4,7,14-15H,2,5-6,8H2,1H3,(H,16,17). The summed E-state index contributed by atoms with van der Waals surface area (Å²) in [5.74, 6) is -1.87. The Morgan fingerprint density at radius 1 is 1.43 bits per heavy atom. The highest BCUT2D eigenvalue weighted by Crippen LogP contribution is 2.25. The summed E-state index contributed by atoms with van der Waals surface area (Å²) in [4.78, 5) is 10.8. The van der Waals surface area contributed by atoms with Gasteiger partial charge in [-0.15, -0.1) is 0 Å². The first-order valence-corrected chi connectivity index (χ1v) is 7.90. The Balaban J connectivity index is 2.31. The molecule has 1 unspecified atom stereocenters. The molecule has 0 radical (unpaired) electrons. The predicted octanol–water partition coefficient (Wildman–Crippen LogP) is 0.938. The highest BCUT2D eigenvalue weighted by Gasteiger charge is 2.33. The highest BCUT2D eigenvalue weighted by atomic mass is 32.2. The molecule has 3 N–H and O–H groups in total. The van der Waals surface area contributed by atoms with Gasteiger partial charge in [-0.2, -0.15) is 0 Å². The molecule has 8 heteroatoms. The van der Waals surface area contributed by atoms with Crippen LogP contribution in [0.1, 0.15) is 30.1 Å². The monoisotopic (exact) mass is 315 g/mol. The van der Waals surface area contributed by atoms with E-state index in [2.05, 4.69) is 4.72 Å². The molecule has 0 amide bonds. The lowest BCUT2D eigenvalue weighted by atomic mass is 9.97. The molecule has 7 nitrogen and oxygen atoms in total. The van der Waals surface area contributed by atoms with Gasteiger partial charge in [-0.05, 0) is 38.0 Å². The molecule has 0 bridgehead atoms. The number of sulfonamides is 1. The molecule has 0 aliphatic carbocycles. The summed E-state index contributed by atoms with van der Waals surface area (Å²) >= 11 is 0. The fraction of sp³-hybridized carbons (Fsp3) is 0.462. The molecule has 1 aromatic carbocycles. The summed E-state index contributed by atoms with van der Waals surface area (Å²) < 4.78 is 32.5. The van der Waals surface area contributed by atoms with Crippen molar-refractivity contribution >= 4 is 16.0 Å². The van der Waals surface area contributed by atoms with E-state index >= 15 is 0 Å². The third kappa shape index (κ3) is 3.52. The van der Waals surface area contributed by atoms with Gasteiger partial charge in [-0.25, -0.2) is 17.9 Å². The molecule has 116 valence electrons. The molecule has 0 saturated carbocycles. The maximum Gasteiger partial charge on any atom is 0.339 e. The van der Waals surface area contributed by atoms with E-state index in [1.54, 1.807) is 6.92 Å². The van der Waals surface area contributed by atoms with E-state index in [0.29, 0.717) is 13.0 Å². The normalized spacial score (nSPS) is 22.9. The van der Waals surface area contributed by atoms with Gasteiger partial charge in [-0.1, -0.05) is 0 Å². The van der Waals surface area contributed by atoms with Crippen LogP contribution in [0.4, 0.5) is 0 Å². The van der Waals surface area contributed by atoms with Crippen LogP contribution in [0.2, 0.25) is 0 Å². The molecule has 1 fully saturated rings. The molecule has 2 rings (SSSR count). The third-order valence-electron chi connectivity index (χ3n) is 3.33. The fourth-order valence-corrected chi connectivity index (χ4v) is 3.70. The number of rotatable bonds is 4. The molecular weight excluding hydrogens is 298 g/mol. The maximum atomic E-state index is 12.4. The molecule has 1 heterocycles. The van der Waals surface area contributed by atoms with Crippen LogP contribution in [0.25, 0.3) is 0 Å². The van der Waals surface area contributed by atoms with Gasteiger partial charge in [0.05, 0.1) is 17.0 Å². The third-order valence-corrected chi connectivity index (χ3v) is 4.96. The second-order valence-corrected chi connectivity index (χ2v) is 6.99. The number of phenols is 1. The number of aromatic hydroxyl groups is 1. The summed E-state index contributed by atoms with van der Waals surface area (Å²) in [6.45, 7) is 2.60. The molecule has 1 aliphatic rings. The van der Waals surface area contributed by atoms with Crippen LogP contribution in [0.3, 0.4) is 0 Å². The topological polar surface area (TPSA) is 113 Å². The Kier molecular flexibility index (Phi) is 4.22. The zero-order valence-corrected chi connectivity index (χ0v) is 12.3. The number of carboxylic acid groups (broad SMARTS) is 1. The number of hydrogen-bond acceptors (Lipinski definition) is 5. The largest absolute Gasteiger partial charge is 0.507 e. The Morgan fingerprint density at radius 3 is 2.71 bits per heavy atom. The van der Waals surface area contributed by atoms with Crippen molar-refractivity contribution in [2.75, 3.05) is 13.2 Å². The smallest absolute Gasteiger partial charge is 0.339 e. The van der Waals surface area contributed by atoms with Gasteiger partial charge in [0.2, 0.25) is 10.0 Å². The molecule has 1 atom stereocenters. The zero-order valence-electron chi connectivity index (χ0n) is 11.5. The van der Waals surface area contributed by atoms with Crippen molar-refractivity contribution < 1.29 is 28.2 Å². The first-order valence-electron chi connectivity index (χ1n) is 6.42. The SMILES string of the molecule is CC1(NS(=O)(=O)c2ccc(O)c(C(=O)O)c2)CCCOC1. The number of nitrogens with one attached hydrogen (secondary N) is 1. The van der Waals surface area contributed by atoms with Crippen molar-refractivity contribution in [1.29, 1.82) is 0 Å². The van der Waals surface area contributed by atoms with Crippen molar-refractivity contribution in [3.05, 3.63) is 23.8 Å². The molecule has 21 heavy (non-hydrogen) atoms. The Labute approximate surface area is 122 Å². The van der Waals surface area contributed by atoms with Gasteiger partial charge in [-0.3, -0.25) is 0 Å². The molecule has 1 aliphatic heterocycles. The minimum absolute atomic E-state index is 0.204. The average Bonchev–Trinajstić information content (AvgIpc) is 2.38. The molecule has 1 saturated heterocycles. The molecule has 0 spiro atoms. The van der Waals surface area contributed by atoms with E-state index in [1.807, 2.05) is 0 Å². The summed E-state index contributed by atoms with van der Waals surface area (Å²) in [5.41, 5.74) is -1.18. The number of benzene rings is 1. The van der Waals surface area contributed by atoms with Gasteiger partial charge in [0, 0.05) is 6.61 Å². The van der Waals surface area contributed by atoms with Crippen molar-refractivity contribution in [3.8, 4) is 5.75 Å². The van der Waals surface area contributed by atoms with E-state index in [0.717, 1.165) is 24.6 Å². The van der Waals surface area contributed by atoms with Gasteiger partial charge in [0.25, 0.3) is 0 Å². The number of carboxylic acids is 1. The van der Waals surface area contributed by atoms with E-state index in [9.17, 15) is 18.3 Å². The van der Waals surface area contributed by atoms with Crippen LogP contribution >= 0.6 is 0 Å². The predicted molar refractivity (Wildman–Crippen MR) is 73.8 cm³/mol. The number of carbonyl (C=O) groups is 1. The lowest BCUT2D eigenvalue weighted by Crippen LogP contribution is -2.51. The average molecular weight is 315 g/mol. The van der Waals surface area contributed by atoms with E-state index < -0.39 is 32.8 Å². The van der Waals surface area contributed by atoms with Gasteiger partial charge in [0.1, 0.15) is 11.3 Å². The maximum absolute atomic E-state index is 12.4. The second-order valence-electron chi connectivity index (χ2n) is 5.31. The molecule has 1 aromatic rings. The van der Waals surface area contributed by atoms with Gasteiger partial charge in [0.15, 0.2) is 0 Å². The Bertz CT molecular complexity index is 649. The van der Waals surface area contributed by atoms with Crippen LogP contribution < -0.4 is 4.72 Å². The van der Waals surface area contributed by atoms with Crippen molar-refractivity contribution in [2.45, 2.75) is 30.2 Å². The summed E-state index contributed by atoms with van der Waals surface area (Å²) in [5, 5.41) is 18.4. The van der Waals surface area contributed by atoms with Crippen LogP contribution in [0.15, 0.2) is 23.1 Å². The van der Waals surface area contributed by atoms with Crippen LogP contribution in [-0.4, -0.2) is 43.4 Å². The first kappa shape index (κ1) is 15.7. The lowest BCUT2D eigenvalue weighted by molar-refractivity contribution is 0.0386. The number of ether oxygens (including phenoxy) is 1. The minimum Gasteiger partial charge on any atom is -0.507 e. The van der Waals surface area contributed by atoms with Gasteiger partial charge < -0.3 is 14.9 Å². The Morgan fingerprint density at radius 2 is 2.14 bits per heavy atom. The highest BCUT2D eigenvalue weighted by molar-refractivity contribution is 7.89. The quantitative estimate of drug-likeness (QED) is 0.762. The van der Waals surface area contributed by atoms with E-state index in [1.165, 1.54) is 0 Å².